The van der Waals surface area contributed by atoms with Crippen molar-refractivity contribution in [3.8, 4) is 0 Å². The Kier molecular flexibility index (Phi) is 3.60. The summed E-state index contributed by atoms with van der Waals surface area (Å²) in [4.78, 5) is 24.2. The van der Waals surface area contributed by atoms with Gasteiger partial charge in [0.1, 0.15) is 11.7 Å². The molecular formula is C15H22O3. The van der Waals surface area contributed by atoms with Gasteiger partial charge >= 0.3 is 5.97 Å². The normalized spacial score (nSPS) is 38.6. The molecule has 0 spiro atoms. The number of fused-ring (bicyclic) bond motifs is 1. The Hall–Kier alpha value is -1.12. The zero-order chi connectivity index (χ0) is 13.3. The second-order valence-electron chi connectivity index (χ2n) is 5.74. The average molecular weight is 250 g/mol. The molecule has 0 unspecified atom stereocenters. The van der Waals surface area contributed by atoms with Crippen LogP contribution in [-0.2, 0) is 14.3 Å². The standard InChI is InChI=1S/C15H22O3/c1-4-5-8-15-10(2)6-7-11(15)9-12(16)13(15)14(17)18-3/h4,10-11,13H,1,5-9H2,2-3H3/t10-,11-,13-,15-/m0/s1. The number of ether oxygens (including phenoxy) is 1. The number of Topliss-reactive ketones (excluding diaryl/α,β-unsaturated/α-hetero) is 1. The lowest BCUT2D eigenvalue weighted by Crippen LogP contribution is -2.40. The highest BCUT2D eigenvalue weighted by Gasteiger charge is 2.62. The minimum absolute atomic E-state index is 0.0856. The lowest BCUT2D eigenvalue weighted by Gasteiger charge is -2.37. The molecule has 0 aromatic rings. The minimum atomic E-state index is -0.537. The van der Waals surface area contributed by atoms with Crippen molar-refractivity contribution in [3.63, 3.8) is 0 Å². The molecule has 0 aliphatic heterocycles. The lowest BCUT2D eigenvalue weighted by atomic mass is 9.65. The van der Waals surface area contributed by atoms with Crippen LogP contribution in [0.2, 0.25) is 0 Å². The molecule has 0 aromatic carbocycles. The van der Waals surface area contributed by atoms with E-state index < -0.39 is 5.92 Å². The van der Waals surface area contributed by atoms with E-state index in [9.17, 15) is 9.59 Å². The Bertz CT molecular complexity index is 366. The fourth-order valence-electron chi connectivity index (χ4n) is 4.28. The van der Waals surface area contributed by atoms with E-state index in [0.29, 0.717) is 18.3 Å². The molecule has 0 aromatic heterocycles. The predicted molar refractivity (Wildman–Crippen MR) is 68.9 cm³/mol. The number of rotatable bonds is 4. The number of methoxy groups -OCH3 is 1. The Labute approximate surface area is 109 Å². The Morgan fingerprint density at radius 1 is 1.56 bits per heavy atom. The molecule has 0 N–H and O–H groups in total. The first-order valence-electron chi connectivity index (χ1n) is 6.79. The van der Waals surface area contributed by atoms with E-state index in [4.69, 9.17) is 4.74 Å². The highest BCUT2D eigenvalue weighted by Crippen LogP contribution is 2.61. The summed E-state index contributed by atoms with van der Waals surface area (Å²) in [5.41, 5.74) is -0.168. The number of ketones is 1. The van der Waals surface area contributed by atoms with Gasteiger partial charge in [0.2, 0.25) is 0 Å². The lowest BCUT2D eigenvalue weighted by molar-refractivity contribution is -0.154. The zero-order valence-electron chi connectivity index (χ0n) is 11.3. The van der Waals surface area contributed by atoms with Gasteiger partial charge in [0, 0.05) is 6.42 Å². The Morgan fingerprint density at radius 3 is 2.89 bits per heavy atom. The molecule has 3 heteroatoms. The molecule has 2 rings (SSSR count). The number of allylic oxidation sites excluding steroid dienone is 1. The minimum Gasteiger partial charge on any atom is -0.468 e. The van der Waals surface area contributed by atoms with Crippen molar-refractivity contribution < 1.29 is 14.3 Å². The number of esters is 1. The van der Waals surface area contributed by atoms with Crippen LogP contribution in [0.25, 0.3) is 0 Å². The van der Waals surface area contributed by atoms with Crippen LogP contribution in [0.5, 0.6) is 0 Å². The first-order chi connectivity index (χ1) is 8.57. The molecule has 0 bridgehead atoms. The maximum Gasteiger partial charge on any atom is 0.316 e. The fourth-order valence-corrected chi connectivity index (χ4v) is 4.28. The monoisotopic (exact) mass is 250 g/mol. The van der Waals surface area contributed by atoms with Gasteiger partial charge in [0.25, 0.3) is 0 Å². The van der Waals surface area contributed by atoms with Crippen molar-refractivity contribution in [2.45, 2.75) is 39.0 Å². The summed E-state index contributed by atoms with van der Waals surface area (Å²) in [6, 6.07) is 0. The van der Waals surface area contributed by atoms with Crippen molar-refractivity contribution in [1.29, 1.82) is 0 Å². The van der Waals surface area contributed by atoms with Crippen molar-refractivity contribution in [1.82, 2.24) is 0 Å². The predicted octanol–water partition coefficient (Wildman–Crippen LogP) is 2.75. The second-order valence-corrected chi connectivity index (χ2v) is 5.74. The van der Waals surface area contributed by atoms with Crippen LogP contribution in [0.1, 0.15) is 39.0 Å². The average Bonchev–Trinajstić information content (AvgIpc) is 2.81. The van der Waals surface area contributed by atoms with E-state index in [-0.39, 0.29) is 17.2 Å². The van der Waals surface area contributed by atoms with Crippen molar-refractivity contribution in [2.24, 2.45) is 23.2 Å². The highest BCUT2D eigenvalue weighted by molar-refractivity contribution is 6.02. The summed E-state index contributed by atoms with van der Waals surface area (Å²) in [6.45, 7) is 5.94. The molecule has 4 atom stereocenters. The molecule has 2 fully saturated rings. The summed E-state index contributed by atoms with van der Waals surface area (Å²) in [6.07, 6.45) is 6.37. The van der Waals surface area contributed by atoms with Gasteiger partial charge in [-0.2, -0.15) is 0 Å². The summed E-state index contributed by atoms with van der Waals surface area (Å²) < 4.78 is 4.88. The van der Waals surface area contributed by atoms with Gasteiger partial charge in [-0.15, -0.1) is 6.58 Å². The number of hydrogen-bond donors (Lipinski definition) is 0. The second kappa shape index (κ2) is 4.87. The summed E-state index contributed by atoms with van der Waals surface area (Å²) >= 11 is 0. The molecule has 0 saturated heterocycles. The zero-order valence-corrected chi connectivity index (χ0v) is 11.3. The molecule has 3 nitrogen and oxygen atoms in total. The largest absolute Gasteiger partial charge is 0.468 e. The topological polar surface area (TPSA) is 43.4 Å². The van der Waals surface area contributed by atoms with Crippen molar-refractivity contribution >= 4 is 11.8 Å². The van der Waals surface area contributed by atoms with Crippen LogP contribution in [0, 0.1) is 23.2 Å². The molecule has 2 aliphatic carbocycles. The van der Waals surface area contributed by atoms with E-state index in [1.54, 1.807) is 0 Å². The van der Waals surface area contributed by atoms with Gasteiger partial charge in [-0.25, -0.2) is 0 Å². The van der Waals surface area contributed by atoms with Gasteiger partial charge in [-0.05, 0) is 42.9 Å². The van der Waals surface area contributed by atoms with Crippen LogP contribution < -0.4 is 0 Å². The van der Waals surface area contributed by atoms with E-state index in [2.05, 4.69) is 13.5 Å². The first-order valence-corrected chi connectivity index (χ1v) is 6.79. The molecular weight excluding hydrogens is 228 g/mol. The van der Waals surface area contributed by atoms with Crippen LogP contribution >= 0.6 is 0 Å². The summed E-state index contributed by atoms with van der Waals surface area (Å²) in [5.74, 6) is -0.00484. The first kappa shape index (κ1) is 13.3. The quantitative estimate of drug-likeness (QED) is 0.438. The van der Waals surface area contributed by atoms with Crippen LogP contribution in [0.15, 0.2) is 12.7 Å². The third-order valence-electron chi connectivity index (χ3n) is 5.15. The molecule has 0 radical (unpaired) electrons. The van der Waals surface area contributed by atoms with Crippen LogP contribution in [-0.4, -0.2) is 18.9 Å². The molecule has 0 amide bonds. The maximum atomic E-state index is 12.2. The molecule has 2 saturated carbocycles. The van der Waals surface area contributed by atoms with E-state index in [1.807, 2.05) is 6.08 Å². The third kappa shape index (κ3) is 1.72. The smallest absolute Gasteiger partial charge is 0.316 e. The third-order valence-corrected chi connectivity index (χ3v) is 5.15. The van der Waals surface area contributed by atoms with Crippen LogP contribution in [0.3, 0.4) is 0 Å². The molecule has 2 aliphatic rings. The summed E-state index contributed by atoms with van der Waals surface area (Å²) in [7, 11) is 1.38. The van der Waals surface area contributed by atoms with E-state index in [0.717, 1.165) is 25.7 Å². The highest BCUT2D eigenvalue weighted by atomic mass is 16.5. The van der Waals surface area contributed by atoms with Crippen LogP contribution in [0.4, 0.5) is 0 Å². The van der Waals surface area contributed by atoms with Gasteiger partial charge < -0.3 is 4.74 Å². The van der Waals surface area contributed by atoms with E-state index >= 15 is 0 Å². The van der Waals surface area contributed by atoms with Crippen molar-refractivity contribution in [3.05, 3.63) is 12.7 Å². The number of hydrogen-bond acceptors (Lipinski definition) is 3. The van der Waals surface area contributed by atoms with E-state index in [1.165, 1.54) is 7.11 Å². The van der Waals surface area contributed by atoms with Crippen molar-refractivity contribution in [2.75, 3.05) is 7.11 Å². The molecule has 18 heavy (non-hydrogen) atoms. The maximum absolute atomic E-state index is 12.2. The molecule has 100 valence electrons. The van der Waals surface area contributed by atoms with Gasteiger partial charge in [0.15, 0.2) is 0 Å². The number of carbonyl (C=O) groups is 2. The Morgan fingerprint density at radius 2 is 2.28 bits per heavy atom. The van der Waals surface area contributed by atoms with Gasteiger partial charge in [0.05, 0.1) is 7.11 Å². The fraction of sp³-hybridized carbons (Fsp3) is 0.733. The van der Waals surface area contributed by atoms with Gasteiger partial charge in [-0.3, -0.25) is 9.59 Å². The Balaban J connectivity index is 2.38. The SMILES string of the molecule is C=CCC[C@@]12[C@@H](CC[C@@H]1C)CC(=O)[C@H]2C(=O)OC. The van der Waals surface area contributed by atoms with Gasteiger partial charge in [-0.1, -0.05) is 13.0 Å². The summed E-state index contributed by atoms with van der Waals surface area (Å²) in [5, 5.41) is 0. The number of carbonyl (C=O) groups excluding carboxylic acids is 2. The molecule has 0 heterocycles.